The zero-order valence-electron chi connectivity index (χ0n) is 39.8. The molecular formula is C51H107N3O2. The fourth-order valence-electron chi connectivity index (χ4n) is 6.99. The number of aliphatic hydroxyl groups is 1. The maximum atomic E-state index is 7.00. The number of ether oxygens (including phenoxy) is 1. The van der Waals surface area contributed by atoms with E-state index in [1.165, 1.54) is 232 Å². The minimum absolute atomic E-state index is 0.460. The first kappa shape index (κ1) is 61.6. The number of unbranched alkanes of at least 4 members (excludes halogenated alkanes) is 25. The van der Waals surface area contributed by atoms with Crippen LogP contribution in [-0.4, -0.2) is 55.9 Å². The SMILES string of the molecule is C#C.CC/C=C/OC(CCCCCC)CCCCCCC.CCCCCCCCCCCCCCCCN(CCCCCCCC)CCCNNCCC.CO. The summed E-state index contributed by atoms with van der Waals surface area (Å²) in [7, 11) is 1.00. The third-order valence-corrected chi connectivity index (χ3v) is 10.5. The molecule has 0 amide bonds. The Morgan fingerprint density at radius 3 is 1.12 bits per heavy atom. The molecule has 0 aromatic heterocycles. The number of nitrogens with one attached hydrogen (secondary N) is 2. The summed E-state index contributed by atoms with van der Waals surface area (Å²) in [5.74, 6) is 0. The van der Waals surface area contributed by atoms with E-state index >= 15 is 0 Å². The zero-order chi connectivity index (χ0) is 42.3. The average Bonchev–Trinajstić information content (AvgIpc) is 3.23. The number of hydrazine groups is 1. The largest absolute Gasteiger partial charge is 0.498 e. The molecule has 0 heterocycles. The van der Waals surface area contributed by atoms with E-state index in [-0.39, 0.29) is 0 Å². The lowest BCUT2D eigenvalue weighted by Crippen LogP contribution is -2.35. The van der Waals surface area contributed by atoms with Gasteiger partial charge in [-0.3, -0.25) is 10.9 Å². The van der Waals surface area contributed by atoms with Crippen molar-refractivity contribution < 1.29 is 9.84 Å². The first-order valence-electron chi connectivity index (χ1n) is 25.0. The number of rotatable bonds is 43. The van der Waals surface area contributed by atoms with Gasteiger partial charge in [-0.05, 0) is 77.4 Å². The Kier molecular flexibility index (Phi) is 69.4. The molecule has 0 radical (unpaired) electrons. The Hall–Kier alpha value is -1.06. The summed E-state index contributed by atoms with van der Waals surface area (Å²) in [5, 5.41) is 7.00. The topological polar surface area (TPSA) is 56.8 Å². The second-order valence-corrected chi connectivity index (χ2v) is 16.0. The Bertz CT molecular complexity index is 655. The molecular weight excluding hydrogens is 687 g/mol. The van der Waals surface area contributed by atoms with E-state index in [4.69, 9.17) is 9.84 Å². The van der Waals surface area contributed by atoms with E-state index in [1.807, 2.05) is 6.26 Å². The number of hydrogen-bond acceptors (Lipinski definition) is 5. The minimum atomic E-state index is 0.460. The molecule has 0 aliphatic heterocycles. The highest BCUT2D eigenvalue weighted by Crippen LogP contribution is 2.17. The lowest BCUT2D eigenvalue weighted by atomic mass is 10.0. The highest BCUT2D eigenvalue weighted by atomic mass is 16.5. The Morgan fingerprint density at radius 2 is 0.750 bits per heavy atom. The molecule has 0 bridgehead atoms. The fraction of sp³-hybridized carbons (Fsp3) is 0.922. The number of terminal acetylenes is 1. The number of allylic oxidation sites excluding steroid dienone is 1. The van der Waals surface area contributed by atoms with Crippen molar-refractivity contribution in [3.8, 4) is 12.8 Å². The number of nitrogens with zero attached hydrogens (tertiary/aromatic N) is 1. The predicted octanol–water partition coefficient (Wildman–Crippen LogP) is 15.5. The van der Waals surface area contributed by atoms with Crippen molar-refractivity contribution in [1.29, 1.82) is 0 Å². The van der Waals surface area contributed by atoms with Crippen molar-refractivity contribution >= 4 is 0 Å². The monoisotopic (exact) mass is 794 g/mol. The van der Waals surface area contributed by atoms with Gasteiger partial charge >= 0.3 is 0 Å². The summed E-state index contributed by atoms with van der Waals surface area (Å²) in [6.45, 7) is 19.6. The van der Waals surface area contributed by atoms with E-state index in [9.17, 15) is 0 Å². The molecule has 0 aromatic rings. The predicted molar refractivity (Wildman–Crippen MR) is 256 cm³/mol. The Labute approximate surface area is 355 Å². The summed E-state index contributed by atoms with van der Waals surface area (Å²) in [4.78, 5) is 2.75. The summed E-state index contributed by atoms with van der Waals surface area (Å²) in [6.07, 6.45) is 59.4. The van der Waals surface area contributed by atoms with Gasteiger partial charge in [-0.25, -0.2) is 0 Å². The molecule has 5 heteroatoms. The summed E-state index contributed by atoms with van der Waals surface area (Å²) < 4.78 is 5.89. The molecule has 5 nitrogen and oxygen atoms in total. The van der Waals surface area contributed by atoms with Crippen LogP contribution in [0.3, 0.4) is 0 Å². The first-order chi connectivity index (χ1) is 27.7. The van der Waals surface area contributed by atoms with Crippen LogP contribution in [0.25, 0.3) is 0 Å². The molecule has 0 aliphatic carbocycles. The highest BCUT2D eigenvalue weighted by molar-refractivity contribution is 4.73. The van der Waals surface area contributed by atoms with Crippen LogP contribution in [0, 0.1) is 12.8 Å². The van der Waals surface area contributed by atoms with Crippen LogP contribution in [0.15, 0.2) is 12.3 Å². The van der Waals surface area contributed by atoms with Crippen LogP contribution in [0.1, 0.15) is 260 Å². The van der Waals surface area contributed by atoms with Gasteiger partial charge in [0.1, 0.15) is 0 Å². The van der Waals surface area contributed by atoms with Crippen molar-refractivity contribution in [1.82, 2.24) is 15.8 Å². The van der Waals surface area contributed by atoms with Gasteiger partial charge in [-0.15, -0.1) is 12.8 Å². The third-order valence-electron chi connectivity index (χ3n) is 10.5. The lowest BCUT2D eigenvalue weighted by molar-refractivity contribution is 0.120. The second kappa shape index (κ2) is 63.1. The van der Waals surface area contributed by atoms with Gasteiger partial charge in [0.2, 0.25) is 0 Å². The average molecular weight is 794 g/mol. The Balaban J connectivity index is -0.000000498. The van der Waals surface area contributed by atoms with Crippen LogP contribution in [0.5, 0.6) is 0 Å². The van der Waals surface area contributed by atoms with Crippen molar-refractivity contribution in [3.05, 3.63) is 12.3 Å². The van der Waals surface area contributed by atoms with Crippen LogP contribution in [-0.2, 0) is 4.74 Å². The van der Waals surface area contributed by atoms with Crippen molar-refractivity contribution in [2.24, 2.45) is 0 Å². The van der Waals surface area contributed by atoms with Crippen LogP contribution in [0.4, 0.5) is 0 Å². The molecule has 0 saturated heterocycles. The van der Waals surface area contributed by atoms with Crippen molar-refractivity contribution in [3.63, 3.8) is 0 Å². The van der Waals surface area contributed by atoms with Gasteiger partial charge in [-0.2, -0.15) is 0 Å². The van der Waals surface area contributed by atoms with Crippen molar-refractivity contribution in [2.45, 2.75) is 266 Å². The van der Waals surface area contributed by atoms with Gasteiger partial charge < -0.3 is 14.7 Å². The maximum absolute atomic E-state index is 7.00. The molecule has 1 unspecified atom stereocenters. The van der Waals surface area contributed by atoms with Gasteiger partial charge in [-0.1, -0.05) is 208 Å². The highest BCUT2D eigenvalue weighted by Gasteiger charge is 2.08. The van der Waals surface area contributed by atoms with E-state index < -0.39 is 0 Å². The van der Waals surface area contributed by atoms with Crippen LogP contribution < -0.4 is 10.9 Å². The lowest BCUT2D eigenvalue weighted by Gasteiger charge is -2.22. The van der Waals surface area contributed by atoms with Gasteiger partial charge in [0.05, 0.1) is 12.4 Å². The molecule has 0 rings (SSSR count). The van der Waals surface area contributed by atoms with Gasteiger partial charge in [0, 0.05) is 20.2 Å². The molecule has 1 atom stereocenters. The van der Waals surface area contributed by atoms with E-state index in [2.05, 4.69) is 76.2 Å². The summed E-state index contributed by atoms with van der Waals surface area (Å²) >= 11 is 0. The summed E-state index contributed by atoms with van der Waals surface area (Å²) in [6, 6.07) is 0. The second-order valence-electron chi connectivity index (χ2n) is 16.0. The van der Waals surface area contributed by atoms with E-state index in [1.54, 1.807) is 0 Å². The number of hydrogen-bond donors (Lipinski definition) is 3. The van der Waals surface area contributed by atoms with Crippen LogP contribution >= 0.6 is 0 Å². The molecule has 0 fully saturated rings. The quantitative estimate of drug-likeness (QED) is 0.0248. The minimum Gasteiger partial charge on any atom is -0.498 e. The normalized spacial score (nSPS) is 11.4. The molecule has 56 heavy (non-hydrogen) atoms. The maximum Gasteiger partial charge on any atom is 0.0978 e. The van der Waals surface area contributed by atoms with E-state index in [0.717, 1.165) is 26.6 Å². The summed E-state index contributed by atoms with van der Waals surface area (Å²) in [5.41, 5.74) is 6.69. The fourth-order valence-corrected chi connectivity index (χ4v) is 6.99. The number of aliphatic hydroxyl groups excluding tert-OH is 1. The van der Waals surface area contributed by atoms with Crippen molar-refractivity contribution in [2.75, 3.05) is 39.8 Å². The smallest absolute Gasteiger partial charge is 0.0978 e. The standard InChI is InChI=1S/C30H65N3.C18H36O.C2H2.CH4O/c1-4-7-9-11-13-14-15-16-17-18-19-20-22-24-29-33(28-23-21-12-10-8-5-2)30-25-27-32-31-26-6-3;1-4-7-10-12-14-16-18(19-17-9-6-3)15-13-11-8-5-2;2*1-2/h31-32H,4-30H2,1-3H3;9,17-18H,4-8,10-16H2,1-3H3;1-2H;2H,1H3/b;17-9+;;. The molecule has 3 N–H and O–H groups in total. The van der Waals surface area contributed by atoms with Crippen LogP contribution in [0.2, 0.25) is 0 Å². The van der Waals surface area contributed by atoms with Gasteiger partial charge in [0.15, 0.2) is 0 Å². The Morgan fingerprint density at radius 1 is 0.429 bits per heavy atom. The van der Waals surface area contributed by atoms with E-state index in [0.29, 0.717) is 6.10 Å². The first-order valence-corrected chi connectivity index (χ1v) is 25.0. The molecule has 0 aromatic carbocycles. The molecule has 0 aliphatic rings. The third kappa shape index (κ3) is 59.6. The molecule has 0 spiro atoms. The molecule has 338 valence electrons. The zero-order valence-corrected chi connectivity index (χ0v) is 39.8. The van der Waals surface area contributed by atoms with Gasteiger partial charge in [0.25, 0.3) is 0 Å². The molecule has 0 saturated carbocycles.